The Morgan fingerprint density at radius 2 is 2.31 bits per heavy atom. The van der Waals surface area contributed by atoms with E-state index in [1.54, 1.807) is 18.2 Å². The third-order valence-electron chi connectivity index (χ3n) is 1.78. The van der Waals surface area contributed by atoms with Crippen LogP contribution in [0, 0.1) is 0 Å². The summed E-state index contributed by atoms with van der Waals surface area (Å²) in [7, 11) is 0. The molecule has 1 aromatic carbocycles. The molecule has 0 amide bonds. The second kappa shape index (κ2) is 2.85. The van der Waals surface area contributed by atoms with Crippen LogP contribution in [-0.2, 0) is 0 Å². The van der Waals surface area contributed by atoms with Crippen molar-refractivity contribution >= 4 is 28.3 Å². The fourth-order valence-electron chi connectivity index (χ4n) is 1.19. The zero-order valence-corrected chi connectivity index (χ0v) is 7.63. The van der Waals surface area contributed by atoms with Crippen molar-refractivity contribution in [3.63, 3.8) is 0 Å². The second-order valence-electron chi connectivity index (χ2n) is 2.70. The lowest BCUT2D eigenvalue weighted by Crippen LogP contribution is -1.88. The molecule has 1 heterocycles. The summed E-state index contributed by atoms with van der Waals surface area (Å²) in [4.78, 5) is 11.1. The molecule has 13 heavy (non-hydrogen) atoms. The molecule has 1 aromatic heterocycles. The number of fused-ring (bicyclic) bond motifs is 1. The topological polar surface area (TPSA) is 43.1 Å². The maximum Gasteiger partial charge on any atom is 0.210 e. The van der Waals surface area contributed by atoms with Crippen molar-refractivity contribution in [1.29, 1.82) is 0 Å². The minimum Gasteiger partial charge on any atom is -0.352 e. The van der Waals surface area contributed by atoms with E-state index in [-0.39, 0.29) is 11.5 Å². The Bertz CT molecular complexity index is 475. The summed E-state index contributed by atoms with van der Waals surface area (Å²) in [6.07, 6.45) is 0. The molecule has 4 heteroatoms. The van der Waals surface area contributed by atoms with Crippen molar-refractivity contribution in [3.8, 4) is 0 Å². The van der Waals surface area contributed by atoms with Crippen molar-refractivity contribution in [2.75, 3.05) is 0 Å². The molecule has 0 aliphatic heterocycles. The number of benzene rings is 1. The Balaban J connectivity index is 2.83. The van der Waals surface area contributed by atoms with E-state index in [0.29, 0.717) is 15.9 Å². The molecule has 66 valence electrons. The normalized spacial score (nSPS) is 10.6. The molecule has 0 spiro atoms. The number of Topliss-reactive ketones (excluding diaryl/α,β-unsaturated/α-hetero) is 1. The molecular formula is C9H6ClNO2. The number of hydrogen-bond acceptors (Lipinski definition) is 3. The number of ketones is 1. The summed E-state index contributed by atoms with van der Waals surface area (Å²) < 4.78 is 4.87. The quantitative estimate of drug-likeness (QED) is 0.657. The summed E-state index contributed by atoms with van der Waals surface area (Å²) in [5, 5.41) is 4.87. The average Bonchev–Trinajstić information content (AvgIpc) is 2.48. The summed E-state index contributed by atoms with van der Waals surface area (Å²) in [5.74, 6) is 0.113. The van der Waals surface area contributed by atoms with Crippen LogP contribution in [0.15, 0.2) is 22.7 Å². The summed E-state index contributed by atoms with van der Waals surface area (Å²) in [6.45, 7) is 1.43. The van der Waals surface area contributed by atoms with Crippen molar-refractivity contribution in [2.45, 2.75) is 6.92 Å². The number of carbonyl (C=O) groups excluding carboxylic acids is 1. The van der Waals surface area contributed by atoms with Crippen LogP contribution in [0.2, 0.25) is 5.02 Å². The molecule has 0 fully saturated rings. The molecule has 0 saturated carbocycles. The zero-order valence-electron chi connectivity index (χ0n) is 6.87. The van der Waals surface area contributed by atoms with Gasteiger partial charge < -0.3 is 4.52 Å². The Hall–Kier alpha value is -1.35. The molecule has 0 aliphatic rings. The van der Waals surface area contributed by atoms with Gasteiger partial charge in [0.15, 0.2) is 5.78 Å². The first-order valence-corrected chi connectivity index (χ1v) is 4.13. The zero-order chi connectivity index (χ0) is 9.42. The molecule has 2 rings (SSSR count). The van der Waals surface area contributed by atoms with Gasteiger partial charge in [0, 0.05) is 6.92 Å². The lowest BCUT2D eigenvalue weighted by atomic mass is 10.2. The van der Waals surface area contributed by atoms with Gasteiger partial charge in [-0.15, -0.1) is 0 Å². The van der Waals surface area contributed by atoms with Gasteiger partial charge in [-0.25, -0.2) is 0 Å². The van der Waals surface area contributed by atoms with E-state index in [9.17, 15) is 4.79 Å². The predicted octanol–water partition coefficient (Wildman–Crippen LogP) is 2.68. The summed E-state index contributed by atoms with van der Waals surface area (Å²) in [6, 6.07) is 5.22. The third kappa shape index (κ3) is 1.21. The maximum absolute atomic E-state index is 11.1. The predicted molar refractivity (Wildman–Crippen MR) is 49.0 cm³/mol. The number of carbonyl (C=O) groups is 1. The highest BCUT2D eigenvalue weighted by atomic mass is 35.5. The lowest BCUT2D eigenvalue weighted by molar-refractivity contribution is 0.0981. The number of aromatic nitrogens is 1. The van der Waals surface area contributed by atoms with E-state index in [1.165, 1.54) is 6.92 Å². The van der Waals surface area contributed by atoms with Gasteiger partial charge in [0.2, 0.25) is 5.76 Å². The van der Waals surface area contributed by atoms with Crippen LogP contribution in [0.25, 0.3) is 10.9 Å². The van der Waals surface area contributed by atoms with Gasteiger partial charge in [-0.3, -0.25) is 4.79 Å². The van der Waals surface area contributed by atoms with Crippen LogP contribution in [0.5, 0.6) is 0 Å². The highest BCUT2D eigenvalue weighted by molar-refractivity contribution is 6.35. The van der Waals surface area contributed by atoms with Crippen molar-refractivity contribution < 1.29 is 9.32 Å². The molecule has 0 unspecified atom stereocenters. The van der Waals surface area contributed by atoms with Gasteiger partial charge in [0.05, 0.1) is 10.4 Å². The van der Waals surface area contributed by atoms with Gasteiger partial charge in [-0.2, -0.15) is 0 Å². The van der Waals surface area contributed by atoms with Crippen LogP contribution in [0.4, 0.5) is 0 Å². The van der Waals surface area contributed by atoms with Crippen molar-refractivity contribution in [1.82, 2.24) is 5.16 Å². The van der Waals surface area contributed by atoms with Gasteiger partial charge in [-0.1, -0.05) is 22.8 Å². The van der Waals surface area contributed by atoms with Crippen molar-refractivity contribution in [2.24, 2.45) is 0 Å². The SMILES string of the molecule is CC(=O)c1onc2c(Cl)cccc12. The Morgan fingerprint density at radius 1 is 1.54 bits per heavy atom. The van der Waals surface area contributed by atoms with E-state index >= 15 is 0 Å². The van der Waals surface area contributed by atoms with Crippen LogP contribution in [0.3, 0.4) is 0 Å². The molecule has 0 saturated heterocycles. The molecule has 0 atom stereocenters. The van der Waals surface area contributed by atoms with Crippen LogP contribution >= 0.6 is 11.6 Å². The highest BCUT2D eigenvalue weighted by Gasteiger charge is 2.13. The van der Waals surface area contributed by atoms with E-state index < -0.39 is 0 Å². The molecule has 2 aromatic rings. The second-order valence-corrected chi connectivity index (χ2v) is 3.11. The largest absolute Gasteiger partial charge is 0.352 e. The molecular weight excluding hydrogens is 190 g/mol. The first-order chi connectivity index (χ1) is 6.20. The Morgan fingerprint density at radius 3 is 3.00 bits per heavy atom. The standard InChI is InChI=1S/C9H6ClNO2/c1-5(12)9-6-3-2-4-7(10)8(6)11-13-9/h2-4H,1H3. The first kappa shape index (κ1) is 8.26. The van der Waals surface area contributed by atoms with Gasteiger partial charge in [-0.05, 0) is 12.1 Å². The summed E-state index contributed by atoms with van der Waals surface area (Å²) in [5.41, 5.74) is 0.536. The molecule has 3 nitrogen and oxygen atoms in total. The number of rotatable bonds is 1. The lowest BCUT2D eigenvalue weighted by Gasteiger charge is -1.89. The van der Waals surface area contributed by atoms with E-state index in [4.69, 9.17) is 16.1 Å². The number of nitrogens with zero attached hydrogens (tertiary/aromatic N) is 1. The smallest absolute Gasteiger partial charge is 0.210 e. The summed E-state index contributed by atoms with van der Waals surface area (Å²) >= 11 is 5.84. The number of hydrogen-bond donors (Lipinski definition) is 0. The van der Waals surface area contributed by atoms with Crippen LogP contribution in [0.1, 0.15) is 17.5 Å². The van der Waals surface area contributed by atoms with Crippen LogP contribution in [-0.4, -0.2) is 10.9 Å². The molecule has 0 aliphatic carbocycles. The monoisotopic (exact) mass is 195 g/mol. The fourth-order valence-corrected chi connectivity index (χ4v) is 1.39. The Kier molecular flexibility index (Phi) is 1.81. The maximum atomic E-state index is 11.1. The van der Waals surface area contributed by atoms with Gasteiger partial charge in [0.25, 0.3) is 0 Å². The fraction of sp³-hybridized carbons (Fsp3) is 0.111. The van der Waals surface area contributed by atoms with E-state index in [0.717, 1.165) is 0 Å². The molecule has 0 N–H and O–H groups in total. The van der Waals surface area contributed by atoms with E-state index in [1.807, 2.05) is 0 Å². The van der Waals surface area contributed by atoms with Gasteiger partial charge >= 0.3 is 0 Å². The van der Waals surface area contributed by atoms with Crippen LogP contribution < -0.4 is 0 Å². The Labute approximate surface area is 79.3 Å². The minimum absolute atomic E-state index is 0.148. The number of halogens is 1. The highest BCUT2D eigenvalue weighted by Crippen LogP contribution is 2.25. The molecule has 0 bridgehead atoms. The minimum atomic E-state index is -0.148. The van der Waals surface area contributed by atoms with E-state index in [2.05, 4.69) is 5.16 Å². The first-order valence-electron chi connectivity index (χ1n) is 3.75. The van der Waals surface area contributed by atoms with Crippen molar-refractivity contribution in [3.05, 3.63) is 29.0 Å². The molecule has 0 radical (unpaired) electrons. The average molecular weight is 196 g/mol. The third-order valence-corrected chi connectivity index (χ3v) is 2.08. The van der Waals surface area contributed by atoms with Gasteiger partial charge in [0.1, 0.15) is 5.52 Å².